The highest BCUT2D eigenvalue weighted by Gasteiger charge is 1.85. The van der Waals surface area contributed by atoms with E-state index in [-0.39, 0.29) is 0 Å². The number of rotatable bonds is 4. The first-order valence-corrected chi connectivity index (χ1v) is 4.00. The maximum Gasteiger partial charge on any atom is 0.0593 e. The molecule has 0 amide bonds. The highest BCUT2D eigenvalue weighted by atomic mass is 16.5. The minimum absolute atomic E-state index is 0.827. The van der Waals surface area contributed by atoms with Gasteiger partial charge in [-0.25, -0.2) is 0 Å². The lowest BCUT2D eigenvalue weighted by Gasteiger charge is -2.07. The van der Waals surface area contributed by atoms with Crippen molar-refractivity contribution >= 4 is 0 Å². The van der Waals surface area contributed by atoms with Crippen LogP contribution in [0.3, 0.4) is 0 Å². The van der Waals surface area contributed by atoms with Crippen LogP contribution in [0.4, 0.5) is 0 Å². The van der Waals surface area contributed by atoms with Crippen molar-refractivity contribution in [2.75, 3.05) is 47.9 Å². The summed E-state index contributed by atoms with van der Waals surface area (Å²) in [6, 6.07) is 0. The van der Waals surface area contributed by atoms with Crippen molar-refractivity contribution in [1.82, 2.24) is 10.2 Å². The second kappa shape index (κ2) is 12.5. The standard InChI is InChI=1S/C6H15NO.C2H7N/c1-4-8-6-5-7(2)3;1-3-2/h4-6H2,1-3H3;3H,1-2H3. The Kier molecular flexibility index (Phi) is 15.4. The molecular formula is C8H22N2O. The first kappa shape index (κ1) is 13.5. The highest BCUT2D eigenvalue weighted by molar-refractivity contribution is 4.37. The highest BCUT2D eigenvalue weighted by Crippen LogP contribution is 1.75. The molecule has 0 saturated carbocycles. The fourth-order valence-corrected chi connectivity index (χ4v) is 0.391. The zero-order chi connectivity index (χ0) is 9.11. The van der Waals surface area contributed by atoms with Gasteiger partial charge in [0.25, 0.3) is 0 Å². The van der Waals surface area contributed by atoms with E-state index in [4.69, 9.17) is 4.74 Å². The molecule has 0 bridgehead atoms. The van der Waals surface area contributed by atoms with E-state index in [1.165, 1.54) is 0 Å². The Morgan fingerprint density at radius 1 is 1.27 bits per heavy atom. The molecule has 0 aromatic carbocycles. The Bertz CT molecular complexity index is 58.1. The van der Waals surface area contributed by atoms with Gasteiger partial charge >= 0.3 is 0 Å². The third-order valence-corrected chi connectivity index (χ3v) is 0.887. The molecular weight excluding hydrogens is 140 g/mol. The second-order valence-electron chi connectivity index (χ2n) is 2.50. The van der Waals surface area contributed by atoms with Crippen molar-refractivity contribution in [3.05, 3.63) is 0 Å². The average Bonchev–Trinajstić information content (AvgIpc) is 1.89. The van der Waals surface area contributed by atoms with Crippen molar-refractivity contribution < 1.29 is 4.74 Å². The molecule has 0 saturated heterocycles. The summed E-state index contributed by atoms with van der Waals surface area (Å²) in [5.74, 6) is 0. The lowest BCUT2D eigenvalue weighted by molar-refractivity contribution is 0.129. The van der Waals surface area contributed by atoms with Gasteiger partial charge in [0, 0.05) is 13.2 Å². The fourth-order valence-electron chi connectivity index (χ4n) is 0.391. The van der Waals surface area contributed by atoms with Crippen LogP contribution >= 0.6 is 0 Å². The molecule has 3 heteroatoms. The maximum atomic E-state index is 5.10. The molecule has 0 aliphatic heterocycles. The van der Waals surface area contributed by atoms with E-state index < -0.39 is 0 Å². The molecule has 1 N–H and O–H groups in total. The summed E-state index contributed by atoms with van der Waals surface area (Å²) in [5.41, 5.74) is 0. The normalized spacial score (nSPS) is 9.27. The van der Waals surface area contributed by atoms with E-state index in [0.717, 1.165) is 19.8 Å². The van der Waals surface area contributed by atoms with Crippen LogP contribution in [0.5, 0.6) is 0 Å². The van der Waals surface area contributed by atoms with Crippen LogP contribution in [0.15, 0.2) is 0 Å². The molecule has 0 aliphatic carbocycles. The SMILES string of the molecule is CCOCCN(C)C.CNC. The van der Waals surface area contributed by atoms with Gasteiger partial charge in [-0.15, -0.1) is 0 Å². The summed E-state index contributed by atoms with van der Waals surface area (Å²) in [5, 5.41) is 2.75. The van der Waals surface area contributed by atoms with Crippen LogP contribution in [0.2, 0.25) is 0 Å². The Morgan fingerprint density at radius 2 is 1.73 bits per heavy atom. The molecule has 3 nitrogen and oxygen atoms in total. The van der Waals surface area contributed by atoms with E-state index in [1.54, 1.807) is 0 Å². The lowest BCUT2D eigenvalue weighted by Crippen LogP contribution is -2.17. The number of nitrogens with one attached hydrogen (secondary N) is 1. The summed E-state index contributed by atoms with van der Waals surface area (Å²) in [6.45, 7) is 4.71. The van der Waals surface area contributed by atoms with E-state index in [9.17, 15) is 0 Å². The van der Waals surface area contributed by atoms with Gasteiger partial charge in [-0.2, -0.15) is 0 Å². The quantitative estimate of drug-likeness (QED) is 0.606. The average molecular weight is 162 g/mol. The van der Waals surface area contributed by atoms with Crippen LogP contribution in [0.25, 0.3) is 0 Å². The topological polar surface area (TPSA) is 24.5 Å². The number of hydrogen-bond donors (Lipinski definition) is 1. The van der Waals surface area contributed by atoms with Gasteiger partial charge < -0.3 is 15.0 Å². The summed E-state index contributed by atoms with van der Waals surface area (Å²) < 4.78 is 5.10. The number of likely N-dealkylation sites (N-methyl/N-ethyl adjacent to an activating group) is 1. The molecule has 0 aromatic rings. The summed E-state index contributed by atoms with van der Waals surface area (Å²) >= 11 is 0. The minimum Gasteiger partial charge on any atom is -0.380 e. The predicted octanol–water partition coefficient (Wildman–Crippen LogP) is 0.420. The molecule has 0 spiro atoms. The molecule has 0 heterocycles. The van der Waals surface area contributed by atoms with Crippen LogP contribution in [0, 0.1) is 0 Å². The van der Waals surface area contributed by atoms with Gasteiger partial charge in [0.1, 0.15) is 0 Å². The van der Waals surface area contributed by atoms with Crippen molar-refractivity contribution in [2.24, 2.45) is 0 Å². The van der Waals surface area contributed by atoms with E-state index in [1.807, 2.05) is 35.1 Å². The molecule has 0 radical (unpaired) electrons. The largest absolute Gasteiger partial charge is 0.380 e. The van der Waals surface area contributed by atoms with E-state index in [0.29, 0.717) is 0 Å². The first-order chi connectivity index (χ1) is 5.18. The molecule has 11 heavy (non-hydrogen) atoms. The maximum absolute atomic E-state index is 5.10. The molecule has 0 aromatic heterocycles. The third kappa shape index (κ3) is 25.8. The second-order valence-corrected chi connectivity index (χ2v) is 2.50. The van der Waals surface area contributed by atoms with Gasteiger partial charge in [-0.05, 0) is 35.1 Å². The zero-order valence-corrected chi connectivity index (χ0v) is 8.48. The first-order valence-electron chi connectivity index (χ1n) is 4.00. The summed E-state index contributed by atoms with van der Waals surface area (Å²) in [4.78, 5) is 2.11. The molecule has 0 rings (SSSR count). The minimum atomic E-state index is 0.827. The smallest absolute Gasteiger partial charge is 0.0593 e. The lowest BCUT2D eigenvalue weighted by atomic mass is 10.6. The van der Waals surface area contributed by atoms with Crippen molar-refractivity contribution in [3.63, 3.8) is 0 Å². The van der Waals surface area contributed by atoms with Gasteiger partial charge in [0.15, 0.2) is 0 Å². The van der Waals surface area contributed by atoms with Gasteiger partial charge in [-0.3, -0.25) is 0 Å². The van der Waals surface area contributed by atoms with E-state index in [2.05, 4.69) is 10.2 Å². The molecule has 0 atom stereocenters. The molecule has 0 fully saturated rings. The van der Waals surface area contributed by atoms with Crippen LogP contribution in [0.1, 0.15) is 6.92 Å². The Labute approximate surface area is 70.7 Å². The van der Waals surface area contributed by atoms with Crippen LogP contribution in [-0.4, -0.2) is 52.8 Å². The third-order valence-electron chi connectivity index (χ3n) is 0.887. The Balaban J connectivity index is 0. The molecule has 0 unspecified atom stereocenters. The predicted molar refractivity (Wildman–Crippen MR) is 50.0 cm³/mol. The number of ether oxygens (including phenoxy) is 1. The fraction of sp³-hybridized carbons (Fsp3) is 1.00. The van der Waals surface area contributed by atoms with Gasteiger partial charge in [0.2, 0.25) is 0 Å². The Morgan fingerprint density at radius 3 is 2.00 bits per heavy atom. The van der Waals surface area contributed by atoms with Crippen molar-refractivity contribution in [1.29, 1.82) is 0 Å². The summed E-state index contributed by atoms with van der Waals surface area (Å²) in [7, 11) is 7.83. The monoisotopic (exact) mass is 162 g/mol. The number of nitrogens with zero attached hydrogens (tertiary/aromatic N) is 1. The van der Waals surface area contributed by atoms with Gasteiger partial charge in [0.05, 0.1) is 6.61 Å². The van der Waals surface area contributed by atoms with Crippen LogP contribution in [-0.2, 0) is 4.74 Å². The van der Waals surface area contributed by atoms with Crippen molar-refractivity contribution in [3.8, 4) is 0 Å². The molecule has 70 valence electrons. The zero-order valence-electron chi connectivity index (χ0n) is 8.48. The van der Waals surface area contributed by atoms with Gasteiger partial charge in [-0.1, -0.05) is 0 Å². The van der Waals surface area contributed by atoms with Crippen LogP contribution < -0.4 is 5.32 Å². The van der Waals surface area contributed by atoms with Crippen molar-refractivity contribution in [2.45, 2.75) is 6.92 Å². The van der Waals surface area contributed by atoms with E-state index >= 15 is 0 Å². The summed E-state index contributed by atoms with van der Waals surface area (Å²) in [6.07, 6.45) is 0. The molecule has 0 aliphatic rings. The Hall–Kier alpha value is -0.120. The number of hydrogen-bond acceptors (Lipinski definition) is 3.